The van der Waals surface area contributed by atoms with Crippen LogP contribution in [0.1, 0.15) is 34.7 Å². The molecule has 0 saturated carbocycles. The van der Waals surface area contributed by atoms with Crippen LogP contribution in [0.3, 0.4) is 0 Å². The van der Waals surface area contributed by atoms with Crippen LogP contribution in [0.25, 0.3) is 22.2 Å². The largest absolute Gasteiger partial charge is 0.381 e. The number of rotatable bonds is 4. The van der Waals surface area contributed by atoms with Crippen LogP contribution in [0, 0.1) is 17.8 Å². The molecule has 1 amide bonds. The van der Waals surface area contributed by atoms with Crippen LogP contribution in [0.4, 0.5) is 5.82 Å². The number of nitrogens with zero attached hydrogens (tertiary/aromatic N) is 5. The average molecular weight is 505 g/mol. The Labute approximate surface area is 217 Å². The van der Waals surface area contributed by atoms with Gasteiger partial charge in [0.15, 0.2) is 11.5 Å². The van der Waals surface area contributed by atoms with Crippen LogP contribution in [-0.2, 0) is 0 Å². The molecular weight excluding hydrogens is 480 g/mol. The van der Waals surface area contributed by atoms with Gasteiger partial charge in [0, 0.05) is 37.0 Å². The Kier molecular flexibility index (Phi) is 5.82. The second kappa shape index (κ2) is 9.46. The molecule has 0 bridgehead atoms. The van der Waals surface area contributed by atoms with Crippen molar-refractivity contribution < 1.29 is 4.79 Å². The summed E-state index contributed by atoms with van der Waals surface area (Å²) in [5.41, 5.74) is 8.06. The van der Waals surface area contributed by atoms with Crippen molar-refractivity contribution >= 4 is 28.3 Å². The summed E-state index contributed by atoms with van der Waals surface area (Å²) in [7, 11) is 0. The standard InChI is InChI=1S/C28H24N8O2/c1-17(32-27(37)23-24(29)34-35-14-6-13-31-26(23)35)25-33-21-10-5-7-19(12-11-18-15-30-16-18)22(21)28(38)36(25)20-8-3-2-4-9-20/h2-10,13-14,17-18,30H,15-16H2,1H3,(H2,29,34)(H,32,37). The molecule has 0 spiro atoms. The highest BCUT2D eigenvalue weighted by Crippen LogP contribution is 2.22. The van der Waals surface area contributed by atoms with E-state index in [4.69, 9.17) is 10.7 Å². The number of nitrogen functional groups attached to an aromatic ring is 1. The maximum absolute atomic E-state index is 14.0. The number of carbonyl (C=O) groups is 1. The molecule has 1 aliphatic rings. The van der Waals surface area contributed by atoms with E-state index in [2.05, 4.69) is 32.6 Å². The van der Waals surface area contributed by atoms with Gasteiger partial charge in [0.1, 0.15) is 11.4 Å². The summed E-state index contributed by atoms with van der Waals surface area (Å²) in [6, 6.07) is 15.7. The fourth-order valence-corrected chi connectivity index (χ4v) is 4.49. The Morgan fingerprint density at radius 2 is 1.97 bits per heavy atom. The van der Waals surface area contributed by atoms with Crippen molar-refractivity contribution in [1.29, 1.82) is 0 Å². The number of para-hydroxylation sites is 1. The molecule has 0 aliphatic carbocycles. The first-order valence-corrected chi connectivity index (χ1v) is 12.2. The summed E-state index contributed by atoms with van der Waals surface area (Å²) in [6.45, 7) is 3.46. The predicted octanol–water partition coefficient (Wildman–Crippen LogP) is 2.07. The van der Waals surface area contributed by atoms with Crippen LogP contribution in [0.5, 0.6) is 0 Å². The van der Waals surface area contributed by atoms with Gasteiger partial charge in [0.05, 0.1) is 22.6 Å². The molecule has 10 nitrogen and oxygen atoms in total. The smallest absolute Gasteiger partial charge is 0.267 e. The van der Waals surface area contributed by atoms with Crippen LogP contribution >= 0.6 is 0 Å². The normalized spacial score (nSPS) is 14.0. The third kappa shape index (κ3) is 4.05. The van der Waals surface area contributed by atoms with Crippen LogP contribution in [0.2, 0.25) is 0 Å². The van der Waals surface area contributed by atoms with Crippen molar-refractivity contribution in [3.63, 3.8) is 0 Å². The van der Waals surface area contributed by atoms with Crippen LogP contribution in [0.15, 0.2) is 71.8 Å². The number of benzene rings is 2. The predicted molar refractivity (Wildman–Crippen MR) is 144 cm³/mol. The van der Waals surface area contributed by atoms with E-state index in [1.165, 1.54) is 9.08 Å². The highest BCUT2D eigenvalue weighted by molar-refractivity contribution is 6.04. The summed E-state index contributed by atoms with van der Waals surface area (Å²) < 4.78 is 2.98. The molecule has 1 aliphatic heterocycles. The number of hydrogen-bond donors (Lipinski definition) is 3. The lowest BCUT2D eigenvalue weighted by atomic mass is 10.0. The fourth-order valence-electron chi connectivity index (χ4n) is 4.49. The molecule has 1 saturated heterocycles. The lowest BCUT2D eigenvalue weighted by Crippen LogP contribution is -2.40. The molecule has 3 aromatic heterocycles. The summed E-state index contributed by atoms with van der Waals surface area (Å²) in [4.78, 5) is 36.5. The molecule has 1 fully saturated rings. The van der Waals surface area contributed by atoms with E-state index < -0.39 is 11.9 Å². The van der Waals surface area contributed by atoms with Gasteiger partial charge >= 0.3 is 0 Å². The summed E-state index contributed by atoms with van der Waals surface area (Å²) in [5, 5.41) is 10.7. The number of carbonyl (C=O) groups excluding carboxylic acids is 1. The topological polar surface area (TPSA) is 132 Å². The Morgan fingerprint density at radius 1 is 1.16 bits per heavy atom. The van der Waals surface area contributed by atoms with Crippen LogP contribution in [-0.4, -0.2) is 43.1 Å². The molecule has 2 aromatic carbocycles. The van der Waals surface area contributed by atoms with E-state index in [-0.39, 0.29) is 22.9 Å². The SMILES string of the molecule is CC(NC(=O)c1c(N)nn2cccnc12)c1nc2cccc(C#CC3CNC3)c2c(=O)n1-c1ccccc1. The molecule has 6 rings (SSSR count). The van der Waals surface area contributed by atoms with E-state index >= 15 is 0 Å². The van der Waals surface area contributed by atoms with Gasteiger partial charge in [0.25, 0.3) is 11.5 Å². The second-order valence-electron chi connectivity index (χ2n) is 9.11. The third-order valence-electron chi connectivity index (χ3n) is 6.51. The number of fused-ring (bicyclic) bond motifs is 2. The lowest BCUT2D eigenvalue weighted by molar-refractivity contribution is 0.0940. The second-order valence-corrected chi connectivity index (χ2v) is 9.11. The number of nitrogens with two attached hydrogens (primary N) is 1. The zero-order valence-electron chi connectivity index (χ0n) is 20.5. The Bertz CT molecular complexity index is 1810. The molecule has 1 unspecified atom stereocenters. The van der Waals surface area contributed by atoms with Crippen molar-refractivity contribution in [2.24, 2.45) is 5.92 Å². The van der Waals surface area contributed by atoms with Gasteiger partial charge in [-0.15, -0.1) is 5.10 Å². The summed E-state index contributed by atoms with van der Waals surface area (Å²) >= 11 is 0. The quantitative estimate of drug-likeness (QED) is 0.319. The summed E-state index contributed by atoms with van der Waals surface area (Å²) in [5.74, 6) is 6.67. The maximum atomic E-state index is 14.0. The van der Waals surface area contributed by atoms with Crippen molar-refractivity contribution in [2.75, 3.05) is 18.8 Å². The molecule has 38 heavy (non-hydrogen) atoms. The first-order valence-electron chi connectivity index (χ1n) is 12.2. The molecule has 1 atom stereocenters. The highest BCUT2D eigenvalue weighted by Gasteiger charge is 2.25. The van der Waals surface area contributed by atoms with E-state index in [0.29, 0.717) is 33.6 Å². The van der Waals surface area contributed by atoms with E-state index in [1.54, 1.807) is 31.5 Å². The number of anilines is 1. The Balaban J connectivity index is 1.47. The van der Waals surface area contributed by atoms with Gasteiger partial charge in [-0.3, -0.25) is 14.2 Å². The fraction of sp³-hybridized carbons (Fsp3) is 0.179. The molecule has 4 heterocycles. The van der Waals surface area contributed by atoms with E-state index in [9.17, 15) is 9.59 Å². The average Bonchev–Trinajstić information content (AvgIpc) is 3.23. The molecule has 4 N–H and O–H groups in total. The zero-order chi connectivity index (χ0) is 26.2. The monoisotopic (exact) mass is 504 g/mol. The molecular formula is C28H24N8O2. The van der Waals surface area contributed by atoms with Crippen molar-refractivity contribution in [3.05, 3.63) is 94.3 Å². The number of nitrogens with one attached hydrogen (secondary N) is 2. The van der Waals surface area contributed by atoms with Crippen molar-refractivity contribution in [1.82, 2.24) is 34.8 Å². The maximum Gasteiger partial charge on any atom is 0.267 e. The number of aromatic nitrogens is 5. The Hall–Kier alpha value is -5.01. The van der Waals surface area contributed by atoms with E-state index in [1.807, 2.05) is 42.5 Å². The van der Waals surface area contributed by atoms with E-state index in [0.717, 1.165) is 13.1 Å². The third-order valence-corrected chi connectivity index (χ3v) is 6.51. The van der Waals surface area contributed by atoms with Gasteiger partial charge in [-0.25, -0.2) is 14.5 Å². The Morgan fingerprint density at radius 3 is 2.74 bits per heavy atom. The number of hydrogen-bond acceptors (Lipinski definition) is 7. The minimum Gasteiger partial charge on any atom is -0.381 e. The molecule has 10 heteroatoms. The molecule has 188 valence electrons. The van der Waals surface area contributed by atoms with Gasteiger partial charge in [0.2, 0.25) is 0 Å². The first kappa shape index (κ1) is 23.4. The van der Waals surface area contributed by atoms with Crippen molar-refractivity contribution in [3.8, 4) is 17.5 Å². The van der Waals surface area contributed by atoms with Crippen molar-refractivity contribution in [2.45, 2.75) is 13.0 Å². The number of amides is 1. The highest BCUT2D eigenvalue weighted by atomic mass is 16.2. The minimum absolute atomic E-state index is 0.0604. The van der Waals surface area contributed by atoms with Gasteiger partial charge in [-0.1, -0.05) is 36.1 Å². The lowest BCUT2D eigenvalue weighted by Gasteiger charge is -2.21. The van der Waals surface area contributed by atoms with Gasteiger partial charge in [-0.05, 0) is 37.3 Å². The summed E-state index contributed by atoms with van der Waals surface area (Å²) in [6.07, 6.45) is 3.23. The molecule has 5 aromatic rings. The van der Waals surface area contributed by atoms with Gasteiger partial charge < -0.3 is 16.4 Å². The van der Waals surface area contributed by atoms with Gasteiger partial charge in [-0.2, -0.15) is 0 Å². The zero-order valence-corrected chi connectivity index (χ0v) is 20.5. The first-order chi connectivity index (χ1) is 18.5. The minimum atomic E-state index is -0.659. The molecule has 0 radical (unpaired) electrons. The van der Waals surface area contributed by atoms with Crippen LogP contribution < -0.4 is 21.9 Å².